The van der Waals surface area contributed by atoms with E-state index in [1.54, 1.807) is 24.1 Å². The summed E-state index contributed by atoms with van der Waals surface area (Å²) < 4.78 is 11.8. The maximum atomic E-state index is 12.2. The van der Waals surface area contributed by atoms with Gasteiger partial charge >= 0.3 is 11.8 Å². The Labute approximate surface area is 144 Å². The van der Waals surface area contributed by atoms with Crippen molar-refractivity contribution < 1.29 is 13.7 Å². The number of hydrogen-bond donors (Lipinski definition) is 1. The Balaban J connectivity index is 1.59. The third-order valence-corrected chi connectivity index (χ3v) is 4.11. The number of carbonyl (C=O) groups excluding carboxylic acids is 1. The van der Waals surface area contributed by atoms with Crippen molar-refractivity contribution in [3.63, 3.8) is 0 Å². The molecule has 0 atom stereocenters. The smallest absolute Gasteiger partial charge is 0.408 e. The molecule has 0 saturated carbocycles. The molecule has 0 aliphatic heterocycles. The second-order valence-corrected chi connectivity index (χ2v) is 5.88. The number of oxazole rings is 1. The van der Waals surface area contributed by atoms with E-state index in [1.807, 2.05) is 26.0 Å². The number of nitrogens with one attached hydrogen (secondary N) is 1. The topological polar surface area (TPSA) is 93.5 Å². The van der Waals surface area contributed by atoms with Gasteiger partial charge in [-0.2, -0.15) is 0 Å². The van der Waals surface area contributed by atoms with Crippen LogP contribution in [-0.4, -0.2) is 34.2 Å². The molecule has 1 N–H and O–H groups in total. The van der Waals surface area contributed by atoms with Crippen molar-refractivity contribution in [2.24, 2.45) is 0 Å². The van der Waals surface area contributed by atoms with Crippen LogP contribution in [0.3, 0.4) is 0 Å². The fourth-order valence-corrected chi connectivity index (χ4v) is 2.67. The molecule has 3 aromatic rings. The van der Waals surface area contributed by atoms with E-state index in [9.17, 15) is 9.59 Å². The standard InChI is InChI=1S/C17H20N4O4/c1-11-13(12(2)25-19-11)10-20(3)16(22)18-8-9-21-14-6-4-5-7-15(14)24-17(21)23/h4-7H,8-10H2,1-3H3,(H,18,22). The molecular weight excluding hydrogens is 324 g/mol. The summed E-state index contributed by atoms with van der Waals surface area (Å²) in [5.41, 5.74) is 2.92. The lowest BCUT2D eigenvalue weighted by molar-refractivity contribution is 0.206. The minimum Gasteiger partial charge on any atom is -0.408 e. The Bertz CT molecular complexity index is 934. The van der Waals surface area contributed by atoms with Crippen LogP contribution >= 0.6 is 0 Å². The van der Waals surface area contributed by atoms with Gasteiger partial charge in [0.25, 0.3) is 0 Å². The van der Waals surface area contributed by atoms with Crippen LogP contribution < -0.4 is 11.1 Å². The highest BCUT2D eigenvalue weighted by Crippen LogP contribution is 2.14. The van der Waals surface area contributed by atoms with E-state index in [0.29, 0.717) is 36.5 Å². The maximum absolute atomic E-state index is 12.2. The lowest BCUT2D eigenvalue weighted by Crippen LogP contribution is -2.39. The van der Waals surface area contributed by atoms with Crippen molar-refractivity contribution in [2.75, 3.05) is 13.6 Å². The number of rotatable bonds is 5. The highest BCUT2D eigenvalue weighted by molar-refractivity contribution is 5.74. The second-order valence-electron chi connectivity index (χ2n) is 5.88. The van der Waals surface area contributed by atoms with Gasteiger partial charge in [-0.1, -0.05) is 17.3 Å². The molecule has 3 rings (SSSR count). The van der Waals surface area contributed by atoms with E-state index in [2.05, 4.69) is 10.5 Å². The molecule has 2 heterocycles. The molecular formula is C17H20N4O4. The lowest BCUT2D eigenvalue weighted by atomic mass is 10.2. The molecule has 0 fully saturated rings. The van der Waals surface area contributed by atoms with Crippen LogP contribution in [0.25, 0.3) is 11.1 Å². The highest BCUT2D eigenvalue weighted by atomic mass is 16.5. The number of aromatic nitrogens is 2. The summed E-state index contributed by atoms with van der Waals surface area (Å²) in [7, 11) is 1.70. The molecule has 0 aliphatic rings. The molecule has 2 amide bonds. The van der Waals surface area contributed by atoms with Crippen LogP contribution in [0.15, 0.2) is 38.0 Å². The molecule has 8 heteroatoms. The summed E-state index contributed by atoms with van der Waals surface area (Å²) in [6.45, 7) is 4.71. The monoisotopic (exact) mass is 344 g/mol. The Morgan fingerprint density at radius 1 is 1.32 bits per heavy atom. The van der Waals surface area contributed by atoms with Gasteiger partial charge in [0.1, 0.15) is 5.76 Å². The zero-order valence-corrected chi connectivity index (χ0v) is 14.4. The van der Waals surface area contributed by atoms with Crippen molar-refractivity contribution in [1.82, 2.24) is 19.9 Å². The van der Waals surface area contributed by atoms with Gasteiger partial charge in [0, 0.05) is 25.7 Å². The molecule has 132 valence electrons. The summed E-state index contributed by atoms with van der Waals surface area (Å²) in [5, 5.41) is 6.68. The van der Waals surface area contributed by atoms with Crippen molar-refractivity contribution in [1.29, 1.82) is 0 Å². The first-order chi connectivity index (χ1) is 12.0. The van der Waals surface area contributed by atoms with Gasteiger partial charge in [-0.15, -0.1) is 0 Å². The minimum atomic E-state index is -0.431. The Morgan fingerprint density at radius 2 is 2.08 bits per heavy atom. The van der Waals surface area contributed by atoms with Gasteiger partial charge < -0.3 is 19.2 Å². The van der Waals surface area contributed by atoms with E-state index in [0.717, 1.165) is 11.3 Å². The molecule has 25 heavy (non-hydrogen) atoms. The fourth-order valence-electron chi connectivity index (χ4n) is 2.67. The number of urea groups is 1. The zero-order chi connectivity index (χ0) is 18.0. The molecule has 8 nitrogen and oxygen atoms in total. The molecule has 0 aliphatic carbocycles. The quantitative estimate of drug-likeness (QED) is 0.764. The number of para-hydroxylation sites is 2. The van der Waals surface area contributed by atoms with Gasteiger partial charge in [0.15, 0.2) is 5.58 Å². The third kappa shape index (κ3) is 3.42. The van der Waals surface area contributed by atoms with Crippen molar-refractivity contribution >= 4 is 17.1 Å². The van der Waals surface area contributed by atoms with Crippen molar-refractivity contribution in [3.8, 4) is 0 Å². The number of carbonyl (C=O) groups is 1. The van der Waals surface area contributed by atoms with Gasteiger partial charge in [-0.3, -0.25) is 4.57 Å². The molecule has 0 radical (unpaired) electrons. The van der Waals surface area contributed by atoms with E-state index in [4.69, 9.17) is 8.94 Å². The molecule has 2 aromatic heterocycles. The number of amides is 2. The molecule has 0 spiro atoms. The minimum absolute atomic E-state index is 0.235. The first-order valence-corrected chi connectivity index (χ1v) is 7.96. The maximum Gasteiger partial charge on any atom is 0.420 e. The van der Waals surface area contributed by atoms with Crippen LogP contribution in [-0.2, 0) is 13.1 Å². The predicted molar refractivity (Wildman–Crippen MR) is 91.3 cm³/mol. The van der Waals surface area contributed by atoms with E-state index >= 15 is 0 Å². The Kier molecular flexibility index (Phi) is 4.60. The van der Waals surface area contributed by atoms with Crippen LogP contribution in [0, 0.1) is 13.8 Å². The summed E-state index contributed by atoms with van der Waals surface area (Å²) in [6.07, 6.45) is 0. The molecule has 0 saturated heterocycles. The van der Waals surface area contributed by atoms with Crippen LogP contribution in [0.2, 0.25) is 0 Å². The number of aryl methyl sites for hydroxylation is 2. The second kappa shape index (κ2) is 6.84. The number of hydrogen-bond acceptors (Lipinski definition) is 5. The van der Waals surface area contributed by atoms with Crippen LogP contribution in [0.1, 0.15) is 17.0 Å². The zero-order valence-electron chi connectivity index (χ0n) is 14.4. The van der Waals surface area contributed by atoms with E-state index in [1.165, 1.54) is 4.57 Å². The fraction of sp³-hybridized carbons (Fsp3) is 0.353. The van der Waals surface area contributed by atoms with Gasteiger partial charge in [-0.25, -0.2) is 9.59 Å². The molecule has 0 bridgehead atoms. The first kappa shape index (κ1) is 16.8. The SMILES string of the molecule is Cc1noc(C)c1CN(C)C(=O)NCCn1c(=O)oc2ccccc21. The summed E-state index contributed by atoms with van der Waals surface area (Å²) in [5.74, 6) is 0.271. The Hall–Kier alpha value is -3.03. The summed E-state index contributed by atoms with van der Waals surface area (Å²) >= 11 is 0. The normalized spacial score (nSPS) is 11.0. The predicted octanol–water partition coefficient (Wildman–Crippen LogP) is 2.04. The van der Waals surface area contributed by atoms with Gasteiger partial charge in [-0.05, 0) is 26.0 Å². The number of fused-ring (bicyclic) bond motifs is 1. The van der Waals surface area contributed by atoms with Gasteiger partial charge in [0.2, 0.25) is 0 Å². The van der Waals surface area contributed by atoms with Crippen molar-refractivity contribution in [2.45, 2.75) is 26.9 Å². The van der Waals surface area contributed by atoms with E-state index in [-0.39, 0.29) is 6.03 Å². The Morgan fingerprint density at radius 3 is 2.80 bits per heavy atom. The lowest BCUT2D eigenvalue weighted by Gasteiger charge is -2.17. The van der Waals surface area contributed by atoms with Gasteiger partial charge in [0.05, 0.1) is 17.8 Å². The first-order valence-electron chi connectivity index (χ1n) is 7.96. The average molecular weight is 344 g/mol. The number of nitrogens with zero attached hydrogens (tertiary/aromatic N) is 3. The largest absolute Gasteiger partial charge is 0.420 e. The average Bonchev–Trinajstić information content (AvgIpc) is 3.08. The van der Waals surface area contributed by atoms with E-state index < -0.39 is 5.76 Å². The molecule has 1 aromatic carbocycles. The van der Waals surface area contributed by atoms with Crippen LogP contribution in [0.5, 0.6) is 0 Å². The highest BCUT2D eigenvalue weighted by Gasteiger charge is 2.15. The summed E-state index contributed by atoms with van der Waals surface area (Å²) in [4.78, 5) is 25.7. The summed E-state index contributed by atoms with van der Waals surface area (Å²) in [6, 6.07) is 6.96. The van der Waals surface area contributed by atoms with Crippen LogP contribution in [0.4, 0.5) is 4.79 Å². The number of benzene rings is 1. The molecule has 0 unspecified atom stereocenters. The third-order valence-electron chi connectivity index (χ3n) is 4.11. The van der Waals surface area contributed by atoms with Crippen molar-refractivity contribution in [3.05, 3.63) is 51.8 Å².